The number of carbonyl (C=O) groups excluding carboxylic acids is 1. The minimum atomic E-state index is -0.165. The van der Waals surface area contributed by atoms with Crippen LogP contribution < -0.4 is 5.32 Å². The van der Waals surface area contributed by atoms with Crippen molar-refractivity contribution in [2.75, 3.05) is 18.5 Å². The molecule has 0 saturated carbocycles. The van der Waals surface area contributed by atoms with Crippen LogP contribution in [0.3, 0.4) is 0 Å². The Morgan fingerprint density at radius 3 is 2.77 bits per heavy atom. The van der Waals surface area contributed by atoms with Crippen molar-refractivity contribution >= 4 is 23.2 Å². The number of aromatic nitrogens is 2. The molecular weight excluding hydrogens is 302 g/mol. The Labute approximate surface area is 134 Å². The van der Waals surface area contributed by atoms with E-state index in [4.69, 9.17) is 16.3 Å². The molecule has 0 unspecified atom stereocenters. The molecule has 1 aromatic heterocycles. The average Bonchev–Trinajstić information content (AvgIpc) is 2.96. The van der Waals surface area contributed by atoms with E-state index in [0.29, 0.717) is 22.2 Å². The van der Waals surface area contributed by atoms with E-state index >= 15 is 0 Å². The van der Waals surface area contributed by atoms with Crippen LogP contribution in [-0.4, -0.2) is 28.9 Å². The second-order valence-electron chi connectivity index (χ2n) is 5.47. The molecule has 22 heavy (non-hydrogen) atoms. The van der Waals surface area contributed by atoms with E-state index in [0.717, 1.165) is 32.6 Å². The third-order valence-corrected chi connectivity index (χ3v) is 4.04. The van der Waals surface area contributed by atoms with E-state index in [9.17, 15) is 4.79 Å². The highest BCUT2D eigenvalue weighted by atomic mass is 35.5. The van der Waals surface area contributed by atoms with Crippen molar-refractivity contribution in [2.45, 2.75) is 19.4 Å². The van der Waals surface area contributed by atoms with E-state index in [2.05, 4.69) is 10.4 Å². The molecular formula is C16H18ClN3O2. The summed E-state index contributed by atoms with van der Waals surface area (Å²) < 4.78 is 7.24. The first-order chi connectivity index (χ1) is 10.7. The van der Waals surface area contributed by atoms with Crippen LogP contribution in [0.15, 0.2) is 36.7 Å². The summed E-state index contributed by atoms with van der Waals surface area (Å²) in [5, 5.41) is 7.77. The summed E-state index contributed by atoms with van der Waals surface area (Å²) in [5.41, 5.74) is 1.27. The van der Waals surface area contributed by atoms with Crippen molar-refractivity contribution in [3.63, 3.8) is 0 Å². The quantitative estimate of drug-likeness (QED) is 0.941. The fourth-order valence-electron chi connectivity index (χ4n) is 2.53. The highest BCUT2D eigenvalue weighted by molar-refractivity contribution is 6.30. The first kappa shape index (κ1) is 15.1. The van der Waals surface area contributed by atoms with Crippen LogP contribution >= 0.6 is 11.6 Å². The SMILES string of the molecule is O=C(Nc1cnn(CC2CCOCC2)c1)c1ccc(Cl)cc1. The zero-order chi connectivity index (χ0) is 15.4. The highest BCUT2D eigenvalue weighted by Gasteiger charge is 2.15. The van der Waals surface area contributed by atoms with Crippen LogP contribution in [-0.2, 0) is 11.3 Å². The monoisotopic (exact) mass is 319 g/mol. The second kappa shape index (κ2) is 6.94. The van der Waals surface area contributed by atoms with Gasteiger partial charge in [-0.05, 0) is 43.0 Å². The molecule has 1 aromatic carbocycles. The number of benzene rings is 1. The summed E-state index contributed by atoms with van der Waals surface area (Å²) in [5.74, 6) is 0.427. The lowest BCUT2D eigenvalue weighted by atomic mass is 10.0. The molecule has 2 aromatic rings. The van der Waals surface area contributed by atoms with E-state index in [-0.39, 0.29) is 5.91 Å². The zero-order valence-electron chi connectivity index (χ0n) is 12.2. The Bertz CT molecular complexity index is 633. The summed E-state index contributed by atoms with van der Waals surface area (Å²) in [6.07, 6.45) is 5.66. The fourth-order valence-corrected chi connectivity index (χ4v) is 2.65. The maximum absolute atomic E-state index is 12.1. The lowest BCUT2D eigenvalue weighted by Gasteiger charge is -2.21. The van der Waals surface area contributed by atoms with Crippen LogP contribution in [0, 0.1) is 5.92 Å². The number of anilines is 1. The lowest BCUT2D eigenvalue weighted by molar-refractivity contribution is 0.0601. The smallest absolute Gasteiger partial charge is 0.255 e. The molecule has 0 bridgehead atoms. The summed E-state index contributed by atoms with van der Waals surface area (Å²) >= 11 is 5.82. The standard InChI is InChI=1S/C16H18ClN3O2/c17-14-3-1-13(2-4-14)16(21)19-15-9-18-20(11-15)10-12-5-7-22-8-6-12/h1-4,9,11-12H,5-8,10H2,(H,19,21). The van der Waals surface area contributed by atoms with Gasteiger partial charge >= 0.3 is 0 Å². The summed E-state index contributed by atoms with van der Waals surface area (Å²) in [4.78, 5) is 12.1. The van der Waals surface area contributed by atoms with Crippen molar-refractivity contribution in [1.29, 1.82) is 0 Å². The van der Waals surface area contributed by atoms with Gasteiger partial charge in [-0.15, -0.1) is 0 Å². The molecule has 1 amide bonds. The van der Waals surface area contributed by atoms with Gasteiger partial charge in [0.2, 0.25) is 0 Å². The van der Waals surface area contributed by atoms with E-state index < -0.39 is 0 Å². The minimum Gasteiger partial charge on any atom is -0.381 e. The van der Waals surface area contributed by atoms with Gasteiger partial charge in [-0.1, -0.05) is 11.6 Å². The number of hydrogen-bond acceptors (Lipinski definition) is 3. The number of rotatable bonds is 4. The minimum absolute atomic E-state index is 0.165. The van der Waals surface area contributed by atoms with Gasteiger partial charge < -0.3 is 10.1 Å². The second-order valence-corrected chi connectivity index (χ2v) is 5.90. The zero-order valence-corrected chi connectivity index (χ0v) is 12.9. The van der Waals surface area contributed by atoms with Gasteiger partial charge in [0.15, 0.2) is 0 Å². The van der Waals surface area contributed by atoms with Crippen LogP contribution in [0.5, 0.6) is 0 Å². The van der Waals surface area contributed by atoms with Crippen molar-refractivity contribution < 1.29 is 9.53 Å². The Balaban J connectivity index is 1.58. The fraction of sp³-hybridized carbons (Fsp3) is 0.375. The first-order valence-corrected chi connectivity index (χ1v) is 7.75. The molecule has 1 aliphatic heterocycles. The van der Waals surface area contributed by atoms with E-state index in [1.807, 2.05) is 10.9 Å². The molecule has 0 aliphatic carbocycles. The number of amides is 1. The Kier molecular flexibility index (Phi) is 4.75. The molecule has 0 spiro atoms. The van der Waals surface area contributed by atoms with Gasteiger partial charge in [0.05, 0.1) is 11.9 Å². The number of nitrogens with one attached hydrogen (secondary N) is 1. The van der Waals surface area contributed by atoms with Crippen LogP contribution in [0.1, 0.15) is 23.2 Å². The Morgan fingerprint density at radius 2 is 2.05 bits per heavy atom. The molecule has 1 fully saturated rings. The van der Waals surface area contributed by atoms with E-state index in [1.165, 1.54) is 0 Å². The van der Waals surface area contributed by atoms with Gasteiger partial charge in [0.1, 0.15) is 0 Å². The van der Waals surface area contributed by atoms with Gasteiger partial charge in [0, 0.05) is 36.5 Å². The molecule has 6 heteroatoms. The highest BCUT2D eigenvalue weighted by Crippen LogP contribution is 2.18. The van der Waals surface area contributed by atoms with Gasteiger partial charge in [0.25, 0.3) is 5.91 Å². The first-order valence-electron chi connectivity index (χ1n) is 7.38. The molecule has 0 atom stereocenters. The van der Waals surface area contributed by atoms with Crippen molar-refractivity contribution in [3.05, 3.63) is 47.2 Å². The van der Waals surface area contributed by atoms with E-state index in [1.54, 1.807) is 30.5 Å². The molecule has 2 heterocycles. The summed E-state index contributed by atoms with van der Waals surface area (Å²) in [6, 6.07) is 6.80. The van der Waals surface area contributed by atoms with Crippen molar-refractivity contribution in [2.24, 2.45) is 5.92 Å². The molecule has 1 N–H and O–H groups in total. The summed E-state index contributed by atoms with van der Waals surface area (Å²) in [6.45, 7) is 2.51. The largest absolute Gasteiger partial charge is 0.381 e. The van der Waals surface area contributed by atoms with Crippen LogP contribution in [0.25, 0.3) is 0 Å². The van der Waals surface area contributed by atoms with Gasteiger partial charge in [-0.25, -0.2) is 0 Å². The number of halogens is 1. The third kappa shape index (κ3) is 3.87. The Hall–Kier alpha value is -1.85. The van der Waals surface area contributed by atoms with Gasteiger partial charge in [-0.3, -0.25) is 9.48 Å². The molecule has 116 valence electrons. The maximum Gasteiger partial charge on any atom is 0.255 e. The normalized spacial score (nSPS) is 15.7. The molecule has 5 nitrogen and oxygen atoms in total. The Morgan fingerprint density at radius 1 is 1.32 bits per heavy atom. The van der Waals surface area contributed by atoms with Crippen LogP contribution in [0.4, 0.5) is 5.69 Å². The molecule has 1 aliphatic rings. The lowest BCUT2D eigenvalue weighted by Crippen LogP contribution is -2.20. The average molecular weight is 320 g/mol. The third-order valence-electron chi connectivity index (χ3n) is 3.78. The molecule has 3 rings (SSSR count). The maximum atomic E-state index is 12.1. The van der Waals surface area contributed by atoms with Crippen molar-refractivity contribution in [3.8, 4) is 0 Å². The van der Waals surface area contributed by atoms with Crippen LogP contribution in [0.2, 0.25) is 5.02 Å². The number of hydrogen-bond donors (Lipinski definition) is 1. The van der Waals surface area contributed by atoms with Gasteiger partial charge in [-0.2, -0.15) is 5.10 Å². The predicted octanol–water partition coefficient (Wildman–Crippen LogP) is 3.22. The topological polar surface area (TPSA) is 56.2 Å². The summed E-state index contributed by atoms with van der Waals surface area (Å²) in [7, 11) is 0. The number of nitrogens with zero attached hydrogens (tertiary/aromatic N) is 2. The molecule has 1 saturated heterocycles. The number of carbonyl (C=O) groups is 1. The number of ether oxygens (including phenoxy) is 1. The predicted molar refractivity (Wildman–Crippen MR) is 85.2 cm³/mol. The van der Waals surface area contributed by atoms with Crippen molar-refractivity contribution in [1.82, 2.24) is 9.78 Å². The molecule has 0 radical (unpaired) electrons.